The maximum absolute atomic E-state index is 12.7. The van der Waals surface area contributed by atoms with Crippen molar-refractivity contribution in [2.24, 2.45) is 0 Å². The summed E-state index contributed by atoms with van der Waals surface area (Å²) in [5, 5.41) is 3.41. The second kappa shape index (κ2) is 8.93. The molecule has 0 radical (unpaired) electrons. The molecule has 0 aromatic carbocycles. The zero-order valence-corrected chi connectivity index (χ0v) is 16.5. The van der Waals surface area contributed by atoms with Gasteiger partial charge in [-0.3, -0.25) is 0 Å². The van der Waals surface area contributed by atoms with Gasteiger partial charge < -0.3 is 10.1 Å². The Labute approximate surface area is 165 Å². The lowest BCUT2D eigenvalue weighted by atomic mass is 10.2. The molecule has 0 saturated carbocycles. The fourth-order valence-electron chi connectivity index (χ4n) is 2.27. The zero-order valence-electron chi connectivity index (χ0n) is 15.0. The van der Waals surface area contributed by atoms with Crippen molar-refractivity contribution < 1.29 is 17.9 Å². The van der Waals surface area contributed by atoms with Crippen LogP contribution < -0.4 is 10.1 Å². The molecule has 0 unspecified atom stereocenters. The van der Waals surface area contributed by atoms with E-state index in [-0.39, 0.29) is 23.6 Å². The molecular weight excluding hydrogens is 404 g/mol. The van der Waals surface area contributed by atoms with Gasteiger partial charge in [0.25, 0.3) is 0 Å². The van der Waals surface area contributed by atoms with Crippen LogP contribution in [0.25, 0.3) is 0 Å². The average Bonchev–Trinajstić information content (AvgIpc) is 2.60. The molecule has 2 aromatic rings. The van der Waals surface area contributed by atoms with Crippen molar-refractivity contribution in [3.63, 3.8) is 0 Å². The van der Waals surface area contributed by atoms with Crippen molar-refractivity contribution in [2.45, 2.75) is 45.8 Å². The molecule has 2 aromatic heterocycles. The monoisotopic (exact) mass is 422 g/mol. The largest absolute Gasteiger partial charge is 0.474 e. The number of nitrogens with one attached hydrogen (secondary N) is 1. The van der Waals surface area contributed by atoms with Crippen LogP contribution in [0.3, 0.4) is 0 Å². The molecule has 0 spiro atoms. The molecule has 2 rings (SSSR count). The maximum atomic E-state index is 12.7. The van der Waals surface area contributed by atoms with Gasteiger partial charge in [-0.1, -0.05) is 37.0 Å². The van der Waals surface area contributed by atoms with Gasteiger partial charge in [-0.05, 0) is 25.8 Å². The highest BCUT2D eigenvalue weighted by Crippen LogP contribution is 2.33. The predicted octanol–water partition coefficient (Wildman–Crippen LogP) is 5.34. The van der Waals surface area contributed by atoms with Crippen LogP contribution in [0.5, 0.6) is 5.88 Å². The van der Waals surface area contributed by atoms with Crippen LogP contribution in [0.15, 0.2) is 12.3 Å². The van der Waals surface area contributed by atoms with Crippen molar-refractivity contribution in [1.82, 2.24) is 15.0 Å². The summed E-state index contributed by atoms with van der Waals surface area (Å²) in [5.74, 6) is 1.01. The number of halogens is 5. The lowest BCUT2D eigenvalue weighted by molar-refractivity contribution is -0.137. The molecule has 2 heterocycles. The first kappa shape index (κ1) is 21.5. The van der Waals surface area contributed by atoms with Crippen LogP contribution in [0.4, 0.5) is 19.0 Å². The first-order valence-electron chi connectivity index (χ1n) is 8.30. The van der Waals surface area contributed by atoms with Gasteiger partial charge >= 0.3 is 6.18 Å². The number of aromatic nitrogens is 3. The van der Waals surface area contributed by atoms with Crippen LogP contribution in [-0.4, -0.2) is 27.6 Å². The molecule has 27 heavy (non-hydrogen) atoms. The predicted molar refractivity (Wildman–Crippen MR) is 98.6 cm³/mol. The highest BCUT2D eigenvalue weighted by molar-refractivity contribution is 6.33. The molecule has 0 saturated heterocycles. The Balaban J connectivity index is 2.10. The van der Waals surface area contributed by atoms with E-state index in [0.29, 0.717) is 35.7 Å². The van der Waals surface area contributed by atoms with Gasteiger partial charge in [0.2, 0.25) is 5.88 Å². The number of anilines is 1. The molecule has 1 atom stereocenters. The Morgan fingerprint density at radius 1 is 1.22 bits per heavy atom. The fraction of sp³-hybridized carbons (Fsp3) is 0.471. The summed E-state index contributed by atoms with van der Waals surface area (Å²) in [4.78, 5) is 12.3. The molecule has 0 fully saturated rings. The minimum absolute atomic E-state index is 0.0656. The highest BCUT2D eigenvalue weighted by atomic mass is 35.5. The third-order valence-electron chi connectivity index (χ3n) is 3.76. The van der Waals surface area contributed by atoms with Crippen LogP contribution in [-0.2, 0) is 12.6 Å². The topological polar surface area (TPSA) is 59.9 Å². The fourth-order valence-corrected chi connectivity index (χ4v) is 2.76. The van der Waals surface area contributed by atoms with Crippen molar-refractivity contribution in [1.29, 1.82) is 0 Å². The first-order chi connectivity index (χ1) is 12.7. The molecule has 5 nitrogen and oxygen atoms in total. The van der Waals surface area contributed by atoms with Gasteiger partial charge in [-0.25, -0.2) is 15.0 Å². The molecule has 0 aliphatic rings. The van der Waals surface area contributed by atoms with Crippen LogP contribution in [0.1, 0.15) is 37.4 Å². The van der Waals surface area contributed by atoms with Crippen molar-refractivity contribution in [3.05, 3.63) is 39.4 Å². The van der Waals surface area contributed by atoms with E-state index in [2.05, 4.69) is 20.3 Å². The van der Waals surface area contributed by atoms with Crippen molar-refractivity contribution >= 4 is 29.0 Å². The molecule has 0 amide bonds. The summed E-state index contributed by atoms with van der Waals surface area (Å²) in [7, 11) is 0. The Kier molecular flexibility index (Phi) is 7.11. The SMILES string of the molecule is CCc1nc(C)nc(N[C@@H](CC)COc2ncc(C(F)(F)F)cc2Cl)c1Cl. The Bertz CT molecular complexity index is 802. The number of hydrogen-bond donors (Lipinski definition) is 1. The van der Waals surface area contributed by atoms with Gasteiger partial charge in [0.15, 0.2) is 0 Å². The van der Waals surface area contributed by atoms with E-state index in [1.165, 1.54) is 0 Å². The Morgan fingerprint density at radius 3 is 2.48 bits per heavy atom. The number of aryl methyl sites for hydroxylation is 2. The number of ether oxygens (including phenoxy) is 1. The molecule has 1 N–H and O–H groups in total. The van der Waals surface area contributed by atoms with Gasteiger partial charge in [-0.2, -0.15) is 13.2 Å². The normalized spacial score (nSPS) is 12.7. The van der Waals surface area contributed by atoms with E-state index >= 15 is 0 Å². The van der Waals surface area contributed by atoms with E-state index < -0.39 is 11.7 Å². The van der Waals surface area contributed by atoms with E-state index in [1.807, 2.05) is 13.8 Å². The number of hydrogen-bond acceptors (Lipinski definition) is 5. The third kappa shape index (κ3) is 5.59. The minimum atomic E-state index is -4.51. The molecular formula is C17H19Cl2F3N4O. The van der Waals surface area contributed by atoms with Crippen molar-refractivity contribution in [3.8, 4) is 5.88 Å². The molecule has 0 aliphatic carbocycles. The number of pyridine rings is 1. The second-order valence-electron chi connectivity index (χ2n) is 5.80. The van der Waals surface area contributed by atoms with Gasteiger partial charge in [0.05, 0.1) is 17.3 Å². The van der Waals surface area contributed by atoms with E-state index in [9.17, 15) is 13.2 Å². The maximum Gasteiger partial charge on any atom is 0.417 e. The summed E-state index contributed by atoms with van der Waals surface area (Å²) in [6.07, 6.45) is -2.51. The van der Waals surface area contributed by atoms with Gasteiger partial charge in [0, 0.05) is 6.20 Å². The smallest absolute Gasteiger partial charge is 0.417 e. The Morgan fingerprint density at radius 2 is 1.93 bits per heavy atom. The zero-order chi connectivity index (χ0) is 20.2. The second-order valence-corrected chi connectivity index (χ2v) is 6.59. The average molecular weight is 423 g/mol. The van der Waals surface area contributed by atoms with Crippen LogP contribution in [0.2, 0.25) is 10.0 Å². The quantitative estimate of drug-likeness (QED) is 0.652. The lowest BCUT2D eigenvalue weighted by Gasteiger charge is -2.20. The molecule has 148 valence electrons. The van der Waals surface area contributed by atoms with Gasteiger partial charge in [0.1, 0.15) is 28.3 Å². The van der Waals surface area contributed by atoms with Gasteiger partial charge in [-0.15, -0.1) is 0 Å². The summed E-state index contributed by atoms with van der Waals surface area (Å²) in [6, 6.07) is 0.581. The standard InChI is InChI=1S/C17H19Cl2F3N4O/c1-4-11(26-15-14(19)13(5-2)24-9(3)25-15)8-27-16-12(18)6-10(7-23-16)17(20,21)22/h6-7,11H,4-5,8H2,1-3H3,(H,24,25,26)/t11-/m0/s1. The van der Waals surface area contributed by atoms with E-state index in [4.69, 9.17) is 27.9 Å². The Hall–Kier alpha value is -1.80. The molecule has 0 bridgehead atoms. The first-order valence-corrected chi connectivity index (χ1v) is 9.06. The van der Waals surface area contributed by atoms with Crippen LogP contribution in [0, 0.1) is 6.92 Å². The summed E-state index contributed by atoms with van der Waals surface area (Å²) >= 11 is 12.2. The summed E-state index contributed by atoms with van der Waals surface area (Å²) in [5.41, 5.74) is -0.199. The van der Waals surface area contributed by atoms with E-state index in [1.54, 1.807) is 6.92 Å². The van der Waals surface area contributed by atoms with Crippen molar-refractivity contribution in [2.75, 3.05) is 11.9 Å². The lowest BCUT2D eigenvalue weighted by Crippen LogP contribution is -2.27. The number of rotatable bonds is 7. The molecule has 0 aliphatic heterocycles. The minimum Gasteiger partial charge on any atom is -0.474 e. The summed E-state index contributed by atoms with van der Waals surface area (Å²) < 4.78 is 43.5. The molecule has 10 heteroatoms. The number of alkyl halides is 3. The summed E-state index contributed by atoms with van der Waals surface area (Å²) in [6.45, 7) is 5.75. The van der Waals surface area contributed by atoms with Crippen LogP contribution >= 0.6 is 23.2 Å². The highest BCUT2D eigenvalue weighted by Gasteiger charge is 2.31. The number of nitrogens with zero attached hydrogens (tertiary/aromatic N) is 3. The van der Waals surface area contributed by atoms with E-state index in [0.717, 1.165) is 11.8 Å². The third-order valence-corrected chi connectivity index (χ3v) is 4.42.